The van der Waals surface area contributed by atoms with Crippen LogP contribution in [0.15, 0.2) is 30.3 Å². The molecule has 0 bridgehead atoms. The number of aliphatic hydroxyl groups is 1. The fourth-order valence-corrected chi connectivity index (χ4v) is 6.57. The largest absolute Gasteiger partial charge is 0.393 e. The topological polar surface area (TPSA) is 20.2 Å². The molecule has 1 saturated carbocycles. The molecule has 1 aromatic carbocycles. The highest BCUT2D eigenvalue weighted by atomic mass is 28.3. The van der Waals surface area contributed by atoms with Crippen LogP contribution in [-0.4, -0.2) is 19.3 Å². The second-order valence-corrected chi connectivity index (χ2v) is 10.3. The van der Waals surface area contributed by atoms with E-state index < -0.39 is 8.07 Å². The van der Waals surface area contributed by atoms with Crippen molar-refractivity contribution >= 4 is 13.3 Å². The standard InChI is InChI=1S/C14H22OSi/c1-16(2,12-8-4-3-5-9-12)14-11-7-6-10-13(14)15/h3-5,8-9,13-15H,6-7,10-11H2,1-2H3/t13-,14-/m1/s1. The van der Waals surface area contributed by atoms with Crippen molar-refractivity contribution < 1.29 is 5.11 Å². The number of hydrogen-bond acceptors (Lipinski definition) is 1. The minimum absolute atomic E-state index is 0.0596. The van der Waals surface area contributed by atoms with Crippen LogP contribution in [0, 0.1) is 0 Å². The van der Waals surface area contributed by atoms with Crippen molar-refractivity contribution in [2.45, 2.75) is 50.4 Å². The van der Waals surface area contributed by atoms with Crippen LogP contribution in [0.1, 0.15) is 25.7 Å². The van der Waals surface area contributed by atoms with Gasteiger partial charge in [0.15, 0.2) is 0 Å². The van der Waals surface area contributed by atoms with Crippen molar-refractivity contribution in [1.29, 1.82) is 0 Å². The van der Waals surface area contributed by atoms with Gasteiger partial charge in [-0.3, -0.25) is 0 Å². The average molecular weight is 234 g/mol. The van der Waals surface area contributed by atoms with Gasteiger partial charge in [0.05, 0.1) is 14.2 Å². The molecule has 0 aliphatic heterocycles. The Balaban J connectivity index is 2.23. The first kappa shape index (κ1) is 11.9. The van der Waals surface area contributed by atoms with Gasteiger partial charge in [-0.15, -0.1) is 0 Å². The van der Waals surface area contributed by atoms with Crippen molar-refractivity contribution in [3.63, 3.8) is 0 Å². The maximum absolute atomic E-state index is 10.2. The molecule has 1 nitrogen and oxygen atoms in total. The number of hydrogen-bond donors (Lipinski definition) is 1. The molecule has 0 amide bonds. The van der Waals surface area contributed by atoms with Crippen LogP contribution >= 0.6 is 0 Å². The monoisotopic (exact) mass is 234 g/mol. The van der Waals surface area contributed by atoms with Gasteiger partial charge in [0.1, 0.15) is 0 Å². The van der Waals surface area contributed by atoms with Crippen molar-refractivity contribution in [3.05, 3.63) is 30.3 Å². The smallest absolute Gasteiger partial charge is 0.0862 e. The van der Waals surface area contributed by atoms with Crippen molar-refractivity contribution in [2.75, 3.05) is 0 Å². The van der Waals surface area contributed by atoms with E-state index in [0.717, 1.165) is 6.42 Å². The molecule has 88 valence electrons. The predicted molar refractivity (Wildman–Crippen MR) is 71.8 cm³/mol. The van der Waals surface area contributed by atoms with Crippen molar-refractivity contribution in [2.24, 2.45) is 0 Å². The number of rotatable bonds is 2. The first-order chi connectivity index (χ1) is 7.62. The Morgan fingerprint density at radius 1 is 1.06 bits per heavy atom. The fraction of sp³-hybridized carbons (Fsp3) is 0.571. The summed E-state index contributed by atoms with van der Waals surface area (Å²) < 4.78 is 0. The van der Waals surface area contributed by atoms with E-state index in [9.17, 15) is 5.11 Å². The molecule has 0 aromatic heterocycles. The Kier molecular flexibility index (Phi) is 3.50. The molecule has 2 heteroatoms. The normalized spacial score (nSPS) is 26.7. The summed E-state index contributed by atoms with van der Waals surface area (Å²) in [4.78, 5) is 0. The Morgan fingerprint density at radius 2 is 1.69 bits per heavy atom. The molecule has 2 rings (SSSR count). The van der Waals surface area contributed by atoms with Crippen LogP contribution in [0.4, 0.5) is 0 Å². The Bertz CT molecular complexity index is 334. The first-order valence-corrected chi connectivity index (χ1v) is 9.43. The van der Waals surface area contributed by atoms with Crippen LogP contribution < -0.4 is 5.19 Å². The molecule has 2 atom stereocenters. The van der Waals surface area contributed by atoms with Crippen LogP contribution in [0.2, 0.25) is 18.6 Å². The highest BCUT2D eigenvalue weighted by Gasteiger charge is 2.39. The fourth-order valence-electron chi connectivity index (χ4n) is 3.03. The van der Waals surface area contributed by atoms with Gasteiger partial charge in [-0.1, -0.05) is 67.9 Å². The molecule has 1 aliphatic rings. The lowest BCUT2D eigenvalue weighted by atomic mass is 9.97. The molecule has 0 unspecified atom stereocenters. The summed E-state index contributed by atoms with van der Waals surface area (Å²) in [5.41, 5.74) is 0.545. The van der Waals surface area contributed by atoms with Crippen LogP contribution in [0.25, 0.3) is 0 Å². The molecular weight excluding hydrogens is 212 g/mol. The average Bonchev–Trinajstić information content (AvgIpc) is 2.30. The van der Waals surface area contributed by atoms with E-state index in [1.165, 1.54) is 24.4 Å². The van der Waals surface area contributed by atoms with Gasteiger partial charge >= 0.3 is 0 Å². The second-order valence-electron chi connectivity index (χ2n) is 5.55. The quantitative estimate of drug-likeness (QED) is 0.780. The summed E-state index contributed by atoms with van der Waals surface area (Å²) in [6, 6.07) is 10.8. The highest BCUT2D eigenvalue weighted by molar-refractivity contribution is 6.91. The van der Waals surface area contributed by atoms with Gasteiger partial charge in [0, 0.05) is 0 Å². The lowest BCUT2D eigenvalue weighted by molar-refractivity contribution is 0.128. The van der Waals surface area contributed by atoms with Gasteiger partial charge < -0.3 is 5.11 Å². The summed E-state index contributed by atoms with van der Waals surface area (Å²) in [6.45, 7) is 4.81. The van der Waals surface area contributed by atoms with Gasteiger partial charge in [0.2, 0.25) is 0 Å². The molecule has 1 aromatic rings. The van der Waals surface area contributed by atoms with Crippen molar-refractivity contribution in [3.8, 4) is 0 Å². The third kappa shape index (κ3) is 2.23. The molecule has 16 heavy (non-hydrogen) atoms. The van der Waals surface area contributed by atoms with Gasteiger partial charge in [0.25, 0.3) is 0 Å². The van der Waals surface area contributed by atoms with E-state index in [2.05, 4.69) is 43.4 Å². The summed E-state index contributed by atoms with van der Waals surface area (Å²) in [5, 5.41) is 11.7. The van der Waals surface area contributed by atoms with E-state index in [4.69, 9.17) is 0 Å². The van der Waals surface area contributed by atoms with E-state index in [-0.39, 0.29) is 6.10 Å². The lowest BCUT2D eigenvalue weighted by Crippen LogP contribution is -2.50. The van der Waals surface area contributed by atoms with Crippen LogP contribution in [0.5, 0.6) is 0 Å². The van der Waals surface area contributed by atoms with Gasteiger partial charge in [-0.05, 0) is 12.0 Å². The number of benzene rings is 1. The zero-order chi connectivity index (χ0) is 11.6. The van der Waals surface area contributed by atoms with E-state index in [1.54, 1.807) is 0 Å². The summed E-state index contributed by atoms with van der Waals surface area (Å²) >= 11 is 0. The van der Waals surface area contributed by atoms with Gasteiger partial charge in [-0.25, -0.2) is 0 Å². The molecule has 0 radical (unpaired) electrons. The summed E-state index contributed by atoms with van der Waals surface area (Å²) in [5.74, 6) is 0. The van der Waals surface area contributed by atoms with E-state index >= 15 is 0 Å². The van der Waals surface area contributed by atoms with E-state index in [0.29, 0.717) is 5.54 Å². The Hall–Kier alpha value is -0.603. The zero-order valence-corrected chi connectivity index (χ0v) is 11.3. The van der Waals surface area contributed by atoms with Crippen LogP contribution in [-0.2, 0) is 0 Å². The Labute approximate surface area is 99.5 Å². The molecule has 1 N–H and O–H groups in total. The minimum atomic E-state index is -1.49. The third-order valence-corrected chi connectivity index (χ3v) is 8.52. The number of aliphatic hydroxyl groups excluding tert-OH is 1. The molecule has 1 fully saturated rings. The maximum Gasteiger partial charge on any atom is 0.0862 e. The summed E-state index contributed by atoms with van der Waals surface area (Å²) in [7, 11) is -1.49. The lowest BCUT2D eigenvalue weighted by Gasteiger charge is -2.39. The molecule has 0 saturated heterocycles. The minimum Gasteiger partial charge on any atom is -0.393 e. The zero-order valence-electron chi connectivity index (χ0n) is 10.3. The van der Waals surface area contributed by atoms with Crippen molar-refractivity contribution in [1.82, 2.24) is 0 Å². The van der Waals surface area contributed by atoms with Gasteiger partial charge in [-0.2, -0.15) is 0 Å². The molecular formula is C14H22OSi. The molecule has 0 heterocycles. The SMILES string of the molecule is C[Si](C)(c1ccccc1)[C@@H]1CCCC[C@H]1O. The second kappa shape index (κ2) is 4.72. The summed E-state index contributed by atoms with van der Waals surface area (Å²) in [6.07, 6.45) is 4.67. The first-order valence-electron chi connectivity index (χ1n) is 6.36. The third-order valence-electron chi connectivity index (χ3n) is 4.17. The Morgan fingerprint density at radius 3 is 2.31 bits per heavy atom. The molecule has 0 spiro atoms. The molecule has 1 aliphatic carbocycles. The van der Waals surface area contributed by atoms with E-state index in [1.807, 2.05) is 0 Å². The van der Waals surface area contributed by atoms with Crippen LogP contribution in [0.3, 0.4) is 0 Å². The maximum atomic E-state index is 10.2. The predicted octanol–water partition coefficient (Wildman–Crippen LogP) is 2.91. The highest BCUT2D eigenvalue weighted by Crippen LogP contribution is 2.36.